The maximum Gasteiger partial charge on any atom is 0.319 e. The van der Waals surface area contributed by atoms with Gasteiger partial charge in [-0.2, -0.15) is 0 Å². The van der Waals surface area contributed by atoms with Crippen LogP contribution >= 0.6 is 0 Å². The average molecular weight is 367 g/mol. The summed E-state index contributed by atoms with van der Waals surface area (Å²) in [6.45, 7) is 1.56. The Morgan fingerprint density at radius 1 is 1.15 bits per heavy atom. The number of carbonyl (C=O) groups excluding carboxylic acids is 2. The Morgan fingerprint density at radius 3 is 2.67 bits per heavy atom. The molecule has 0 aromatic heterocycles. The highest BCUT2D eigenvalue weighted by Gasteiger charge is 2.30. The van der Waals surface area contributed by atoms with E-state index in [1.165, 1.54) is 5.56 Å². The topological polar surface area (TPSA) is 70.7 Å². The lowest BCUT2D eigenvalue weighted by molar-refractivity contribution is -0.128. The Labute approximate surface area is 159 Å². The molecule has 0 saturated carbocycles. The first-order valence-corrected chi connectivity index (χ1v) is 9.12. The largest absolute Gasteiger partial charge is 0.383 e. The molecular formula is C21H25N3O3. The summed E-state index contributed by atoms with van der Waals surface area (Å²) in [6.07, 6.45) is 1.06. The van der Waals surface area contributed by atoms with E-state index in [2.05, 4.69) is 22.8 Å². The molecule has 3 amide bonds. The summed E-state index contributed by atoms with van der Waals surface area (Å²) < 4.78 is 5.02. The van der Waals surface area contributed by atoms with Gasteiger partial charge in [-0.15, -0.1) is 0 Å². The first-order valence-electron chi connectivity index (χ1n) is 9.12. The number of benzene rings is 2. The first-order chi connectivity index (χ1) is 13.2. The number of anilines is 1. The van der Waals surface area contributed by atoms with Crippen LogP contribution in [0.25, 0.3) is 0 Å². The molecule has 0 bridgehead atoms. The number of likely N-dealkylation sites (tertiary alicyclic amines) is 1. The molecule has 0 radical (unpaired) electrons. The van der Waals surface area contributed by atoms with Crippen molar-refractivity contribution >= 4 is 17.6 Å². The van der Waals surface area contributed by atoms with Crippen molar-refractivity contribution in [3.8, 4) is 0 Å². The summed E-state index contributed by atoms with van der Waals surface area (Å²) >= 11 is 0. The van der Waals surface area contributed by atoms with Gasteiger partial charge in [0.2, 0.25) is 5.91 Å². The number of ether oxygens (including phenoxy) is 1. The van der Waals surface area contributed by atoms with Crippen molar-refractivity contribution in [3.05, 3.63) is 65.7 Å². The quantitative estimate of drug-likeness (QED) is 0.790. The Bertz CT molecular complexity index is 779. The lowest BCUT2D eigenvalue weighted by Crippen LogP contribution is -2.40. The van der Waals surface area contributed by atoms with Crippen LogP contribution in [0, 0.1) is 0 Å². The number of para-hydroxylation sites is 1. The highest BCUT2D eigenvalue weighted by Crippen LogP contribution is 2.19. The molecule has 1 saturated heterocycles. The lowest BCUT2D eigenvalue weighted by Gasteiger charge is -2.17. The van der Waals surface area contributed by atoms with E-state index in [-0.39, 0.29) is 18.0 Å². The van der Waals surface area contributed by atoms with Crippen molar-refractivity contribution in [3.63, 3.8) is 0 Å². The van der Waals surface area contributed by atoms with Gasteiger partial charge in [0.25, 0.3) is 0 Å². The van der Waals surface area contributed by atoms with Gasteiger partial charge in [-0.25, -0.2) is 4.79 Å². The predicted octanol–water partition coefficient (Wildman–Crippen LogP) is 2.65. The van der Waals surface area contributed by atoms with Crippen molar-refractivity contribution in [2.75, 3.05) is 32.1 Å². The Hall–Kier alpha value is -2.86. The van der Waals surface area contributed by atoms with E-state index < -0.39 is 0 Å². The number of urea groups is 1. The molecule has 1 atom stereocenters. The highest BCUT2D eigenvalue weighted by atomic mass is 16.5. The monoisotopic (exact) mass is 367 g/mol. The summed E-state index contributed by atoms with van der Waals surface area (Å²) in [7, 11) is 1.61. The predicted molar refractivity (Wildman–Crippen MR) is 105 cm³/mol. The van der Waals surface area contributed by atoms with Crippen LogP contribution in [0.4, 0.5) is 10.5 Å². The molecule has 1 heterocycles. The molecule has 2 N–H and O–H groups in total. The molecule has 0 unspecified atom stereocenters. The van der Waals surface area contributed by atoms with E-state index in [1.807, 2.05) is 42.5 Å². The fourth-order valence-electron chi connectivity index (χ4n) is 3.24. The fourth-order valence-corrected chi connectivity index (χ4v) is 3.24. The molecule has 27 heavy (non-hydrogen) atoms. The second kappa shape index (κ2) is 9.19. The highest BCUT2D eigenvalue weighted by molar-refractivity contribution is 5.91. The lowest BCUT2D eigenvalue weighted by atomic mass is 10.0. The summed E-state index contributed by atoms with van der Waals surface area (Å²) in [5.41, 5.74) is 3.00. The fraction of sp³-hybridized carbons (Fsp3) is 0.333. The minimum absolute atomic E-state index is 0.0434. The zero-order chi connectivity index (χ0) is 19.1. The molecule has 2 aromatic carbocycles. The second-order valence-electron chi connectivity index (χ2n) is 6.65. The standard InChI is InChI=1S/C21H25N3O3/c1-27-12-11-24-15-18(14-20(24)25)22-21(26)23-19-10-6-5-9-17(19)13-16-7-3-2-4-8-16/h2-10,18H,11-15H2,1H3,(H2,22,23,26)/t18-/m1/s1. The van der Waals surface area contributed by atoms with Gasteiger partial charge in [0.1, 0.15) is 0 Å². The number of hydrogen-bond acceptors (Lipinski definition) is 3. The molecule has 3 rings (SSSR count). The van der Waals surface area contributed by atoms with Crippen LogP contribution in [-0.2, 0) is 16.0 Å². The zero-order valence-electron chi connectivity index (χ0n) is 15.5. The number of rotatable bonds is 7. The molecule has 1 aliphatic rings. The summed E-state index contributed by atoms with van der Waals surface area (Å²) in [6, 6.07) is 17.4. The van der Waals surface area contributed by atoms with Crippen LogP contribution in [0.3, 0.4) is 0 Å². The minimum Gasteiger partial charge on any atom is -0.383 e. The average Bonchev–Trinajstić information content (AvgIpc) is 3.01. The Kier molecular flexibility index (Phi) is 6.44. The van der Waals surface area contributed by atoms with Crippen molar-refractivity contribution in [2.24, 2.45) is 0 Å². The summed E-state index contributed by atoms with van der Waals surface area (Å²) in [5.74, 6) is 0.0434. The molecule has 6 nitrogen and oxygen atoms in total. The van der Waals surface area contributed by atoms with Gasteiger partial charge in [-0.3, -0.25) is 4.79 Å². The van der Waals surface area contributed by atoms with E-state index in [0.717, 1.165) is 17.7 Å². The van der Waals surface area contributed by atoms with Crippen LogP contribution in [-0.4, -0.2) is 49.7 Å². The van der Waals surface area contributed by atoms with Gasteiger partial charge >= 0.3 is 6.03 Å². The van der Waals surface area contributed by atoms with Crippen LogP contribution < -0.4 is 10.6 Å². The number of nitrogens with zero attached hydrogens (tertiary/aromatic N) is 1. The van der Waals surface area contributed by atoms with Gasteiger partial charge in [-0.1, -0.05) is 48.5 Å². The molecule has 1 fully saturated rings. The molecule has 1 aliphatic heterocycles. The molecule has 2 aromatic rings. The number of methoxy groups -OCH3 is 1. The smallest absolute Gasteiger partial charge is 0.319 e. The van der Waals surface area contributed by atoms with E-state index in [0.29, 0.717) is 26.1 Å². The molecule has 142 valence electrons. The normalized spacial score (nSPS) is 16.4. The molecule has 0 spiro atoms. The molecule has 6 heteroatoms. The maximum atomic E-state index is 12.4. The van der Waals surface area contributed by atoms with Gasteiger partial charge in [0.05, 0.1) is 12.6 Å². The van der Waals surface area contributed by atoms with Crippen LogP contribution in [0.2, 0.25) is 0 Å². The summed E-state index contributed by atoms with van der Waals surface area (Å²) in [4.78, 5) is 26.1. The van der Waals surface area contributed by atoms with Gasteiger partial charge in [-0.05, 0) is 23.6 Å². The van der Waals surface area contributed by atoms with Crippen LogP contribution in [0.15, 0.2) is 54.6 Å². The van der Waals surface area contributed by atoms with Crippen molar-refractivity contribution in [1.29, 1.82) is 0 Å². The van der Waals surface area contributed by atoms with Gasteiger partial charge in [0.15, 0.2) is 0 Å². The second-order valence-corrected chi connectivity index (χ2v) is 6.65. The van der Waals surface area contributed by atoms with Crippen molar-refractivity contribution in [2.45, 2.75) is 18.9 Å². The van der Waals surface area contributed by atoms with E-state index in [9.17, 15) is 9.59 Å². The number of nitrogens with one attached hydrogen (secondary N) is 2. The summed E-state index contributed by atoms with van der Waals surface area (Å²) in [5, 5.41) is 5.83. The number of amides is 3. The number of hydrogen-bond donors (Lipinski definition) is 2. The van der Waals surface area contributed by atoms with Crippen LogP contribution in [0.1, 0.15) is 17.5 Å². The molecule has 0 aliphatic carbocycles. The third-order valence-electron chi connectivity index (χ3n) is 4.62. The SMILES string of the molecule is COCCN1C[C@H](NC(=O)Nc2ccccc2Cc2ccccc2)CC1=O. The van der Waals surface area contributed by atoms with E-state index in [4.69, 9.17) is 4.74 Å². The third-order valence-corrected chi connectivity index (χ3v) is 4.62. The van der Waals surface area contributed by atoms with Crippen LogP contribution in [0.5, 0.6) is 0 Å². The van der Waals surface area contributed by atoms with E-state index in [1.54, 1.807) is 12.0 Å². The first kappa shape index (κ1) is 18.9. The van der Waals surface area contributed by atoms with Gasteiger partial charge < -0.3 is 20.3 Å². The Morgan fingerprint density at radius 2 is 1.89 bits per heavy atom. The maximum absolute atomic E-state index is 12.4. The van der Waals surface area contributed by atoms with E-state index >= 15 is 0 Å². The number of carbonyl (C=O) groups is 2. The Balaban J connectivity index is 1.58. The van der Waals surface area contributed by atoms with Crippen molar-refractivity contribution in [1.82, 2.24) is 10.2 Å². The third kappa shape index (κ3) is 5.31. The minimum atomic E-state index is -0.290. The zero-order valence-corrected chi connectivity index (χ0v) is 15.5. The molecular weight excluding hydrogens is 342 g/mol. The van der Waals surface area contributed by atoms with Crippen molar-refractivity contribution < 1.29 is 14.3 Å². The van der Waals surface area contributed by atoms with Gasteiger partial charge in [0, 0.05) is 32.3 Å².